The minimum atomic E-state index is 0.103. The number of rotatable bonds is 3. The van der Waals surface area contributed by atoms with Crippen molar-refractivity contribution in [2.75, 3.05) is 6.54 Å². The quantitative estimate of drug-likeness (QED) is 0.885. The van der Waals surface area contributed by atoms with Crippen LogP contribution in [0.4, 0.5) is 0 Å². The second-order valence-electron chi connectivity index (χ2n) is 5.83. The molecule has 1 aliphatic carbocycles. The standard InChI is InChI=1S/C14H24N2S/c1-6-15-14(9-7-8-13(14,4)5)12-16-10(2)11(3)17-12/h15H,6-9H2,1-5H3. The predicted molar refractivity (Wildman–Crippen MR) is 74.6 cm³/mol. The average molecular weight is 252 g/mol. The Morgan fingerprint density at radius 1 is 1.29 bits per heavy atom. The summed E-state index contributed by atoms with van der Waals surface area (Å²) in [7, 11) is 0. The Bertz CT molecular complexity index is 389. The molecule has 1 atom stereocenters. The molecule has 0 aliphatic heterocycles. The van der Waals surface area contributed by atoms with Crippen molar-refractivity contribution in [1.29, 1.82) is 0 Å². The lowest BCUT2D eigenvalue weighted by Gasteiger charge is -2.40. The van der Waals surface area contributed by atoms with E-state index in [9.17, 15) is 0 Å². The van der Waals surface area contributed by atoms with Gasteiger partial charge in [0.15, 0.2) is 0 Å². The van der Waals surface area contributed by atoms with Gasteiger partial charge in [-0.2, -0.15) is 0 Å². The molecule has 17 heavy (non-hydrogen) atoms. The van der Waals surface area contributed by atoms with E-state index in [0.29, 0.717) is 5.41 Å². The smallest absolute Gasteiger partial charge is 0.114 e. The predicted octanol–water partition coefficient (Wildman–Crippen LogP) is 3.77. The van der Waals surface area contributed by atoms with Crippen LogP contribution >= 0.6 is 11.3 Å². The van der Waals surface area contributed by atoms with Crippen molar-refractivity contribution in [3.8, 4) is 0 Å². The molecular formula is C14H24N2S. The van der Waals surface area contributed by atoms with Crippen LogP contribution in [0.15, 0.2) is 0 Å². The normalized spacial score (nSPS) is 27.6. The highest BCUT2D eigenvalue weighted by Crippen LogP contribution is 2.53. The van der Waals surface area contributed by atoms with E-state index in [2.05, 4.69) is 39.9 Å². The molecule has 1 fully saturated rings. The summed E-state index contributed by atoms with van der Waals surface area (Å²) >= 11 is 1.88. The first-order valence-corrected chi connectivity index (χ1v) is 7.44. The molecule has 0 amide bonds. The monoisotopic (exact) mass is 252 g/mol. The number of aryl methyl sites for hydroxylation is 2. The van der Waals surface area contributed by atoms with Crippen LogP contribution in [0.2, 0.25) is 0 Å². The molecule has 1 aliphatic rings. The molecule has 1 N–H and O–H groups in total. The molecule has 0 saturated heterocycles. The summed E-state index contributed by atoms with van der Waals surface area (Å²) in [5, 5.41) is 5.06. The molecule has 0 aromatic carbocycles. The Hall–Kier alpha value is -0.410. The maximum Gasteiger partial charge on any atom is 0.114 e. The molecule has 0 spiro atoms. The zero-order valence-corrected chi connectivity index (χ0v) is 12.5. The lowest BCUT2D eigenvalue weighted by atomic mass is 9.75. The zero-order chi connectivity index (χ0) is 12.7. The second kappa shape index (κ2) is 4.36. The van der Waals surface area contributed by atoms with Gasteiger partial charge >= 0.3 is 0 Å². The fourth-order valence-electron chi connectivity index (χ4n) is 3.10. The van der Waals surface area contributed by atoms with Gasteiger partial charge in [-0.25, -0.2) is 4.98 Å². The maximum absolute atomic E-state index is 4.83. The fourth-order valence-corrected chi connectivity index (χ4v) is 4.39. The van der Waals surface area contributed by atoms with E-state index in [0.717, 1.165) is 6.54 Å². The van der Waals surface area contributed by atoms with Gasteiger partial charge in [0.2, 0.25) is 0 Å². The van der Waals surface area contributed by atoms with Crippen molar-refractivity contribution in [2.24, 2.45) is 5.41 Å². The van der Waals surface area contributed by atoms with Crippen LogP contribution < -0.4 is 5.32 Å². The number of aromatic nitrogens is 1. The largest absolute Gasteiger partial charge is 0.305 e. The van der Waals surface area contributed by atoms with E-state index in [-0.39, 0.29) is 5.54 Å². The molecule has 1 unspecified atom stereocenters. The van der Waals surface area contributed by atoms with E-state index >= 15 is 0 Å². The second-order valence-corrected chi connectivity index (χ2v) is 7.04. The fraction of sp³-hybridized carbons (Fsp3) is 0.786. The molecule has 0 radical (unpaired) electrons. The minimum absolute atomic E-state index is 0.103. The summed E-state index contributed by atoms with van der Waals surface area (Å²) < 4.78 is 0. The van der Waals surface area contributed by atoms with Gasteiger partial charge in [-0.3, -0.25) is 0 Å². The summed E-state index contributed by atoms with van der Waals surface area (Å²) in [6.45, 7) is 12.3. The van der Waals surface area contributed by atoms with Crippen LogP contribution in [0, 0.1) is 19.3 Å². The number of nitrogens with zero attached hydrogens (tertiary/aromatic N) is 1. The topological polar surface area (TPSA) is 24.9 Å². The van der Waals surface area contributed by atoms with Crippen molar-refractivity contribution in [1.82, 2.24) is 10.3 Å². The average Bonchev–Trinajstić information content (AvgIpc) is 2.71. The SMILES string of the molecule is CCNC1(c2nc(C)c(C)s2)CCCC1(C)C. The van der Waals surface area contributed by atoms with Gasteiger partial charge in [-0.15, -0.1) is 11.3 Å². The van der Waals surface area contributed by atoms with Crippen LogP contribution in [0.5, 0.6) is 0 Å². The number of thiazole rings is 1. The van der Waals surface area contributed by atoms with Crippen molar-refractivity contribution in [3.05, 3.63) is 15.6 Å². The number of hydrogen-bond donors (Lipinski definition) is 1. The maximum atomic E-state index is 4.83. The third kappa shape index (κ3) is 1.93. The van der Waals surface area contributed by atoms with Gasteiger partial charge in [0.05, 0.1) is 11.2 Å². The molecule has 96 valence electrons. The zero-order valence-electron chi connectivity index (χ0n) is 11.7. The molecule has 3 heteroatoms. The van der Waals surface area contributed by atoms with Crippen LogP contribution in [0.3, 0.4) is 0 Å². The lowest BCUT2D eigenvalue weighted by molar-refractivity contribution is 0.158. The first-order chi connectivity index (χ1) is 7.93. The van der Waals surface area contributed by atoms with E-state index in [1.165, 1.54) is 34.8 Å². The van der Waals surface area contributed by atoms with Crippen molar-refractivity contribution < 1.29 is 0 Å². The van der Waals surface area contributed by atoms with Crippen molar-refractivity contribution in [3.63, 3.8) is 0 Å². The molecule has 1 aromatic heterocycles. The molecule has 0 bridgehead atoms. The first kappa shape index (κ1) is 13.0. The van der Waals surface area contributed by atoms with E-state index in [1.807, 2.05) is 11.3 Å². The highest BCUT2D eigenvalue weighted by Gasteiger charge is 2.51. The first-order valence-electron chi connectivity index (χ1n) is 6.62. The van der Waals surface area contributed by atoms with Crippen LogP contribution in [0.1, 0.15) is 55.6 Å². The summed E-state index contributed by atoms with van der Waals surface area (Å²) in [6, 6.07) is 0. The summed E-state index contributed by atoms with van der Waals surface area (Å²) in [5.41, 5.74) is 1.61. The van der Waals surface area contributed by atoms with Crippen molar-refractivity contribution in [2.45, 2.75) is 59.4 Å². The Labute approximate surface area is 109 Å². The van der Waals surface area contributed by atoms with Gasteiger partial charge < -0.3 is 5.32 Å². The molecular weight excluding hydrogens is 228 g/mol. The third-order valence-corrected chi connectivity index (χ3v) is 5.62. The highest BCUT2D eigenvalue weighted by atomic mass is 32.1. The number of hydrogen-bond acceptors (Lipinski definition) is 3. The Morgan fingerprint density at radius 2 is 2.00 bits per heavy atom. The summed E-state index contributed by atoms with van der Waals surface area (Å²) in [4.78, 5) is 6.20. The van der Waals surface area contributed by atoms with Crippen LogP contribution in [0.25, 0.3) is 0 Å². The summed E-state index contributed by atoms with van der Waals surface area (Å²) in [6.07, 6.45) is 3.82. The highest BCUT2D eigenvalue weighted by molar-refractivity contribution is 7.11. The van der Waals surface area contributed by atoms with E-state index < -0.39 is 0 Å². The van der Waals surface area contributed by atoms with Gasteiger partial charge in [0.1, 0.15) is 5.01 Å². The molecule has 2 rings (SSSR count). The van der Waals surface area contributed by atoms with Gasteiger partial charge in [0, 0.05) is 4.88 Å². The minimum Gasteiger partial charge on any atom is -0.305 e. The number of nitrogens with one attached hydrogen (secondary N) is 1. The van der Waals surface area contributed by atoms with Crippen LogP contribution in [-0.2, 0) is 5.54 Å². The molecule has 1 aromatic rings. The van der Waals surface area contributed by atoms with Crippen molar-refractivity contribution >= 4 is 11.3 Å². The Morgan fingerprint density at radius 3 is 2.41 bits per heavy atom. The Kier molecular flexibility index (Phi) is 3.34. The Balaban J connectivity index is 2.48. The molecule has 1 heterocycles. The molecule has 2 nitrogen and oxygen atoms in total. The van der Waals surface area contributed by atoms with Crippen LogP contribution in [-0.4, -0.2) is 11.5 Å². The van der Waals surface area contributed by atoms with E-state index in [1.54, 1.807) is 0 Å². The van der Waals surface area contributed by atoms with Gasteiger partial charge in [-0.1, -0.05) is 27.2 Å². The van der Waals surface area contributed by atoms with E-state index in [4.69, 9.17) is 4.98 Å². The molecule has 1 saturated carbocycles. The van der Waals surface area contributed by atoms with Gasteiger partial charge in [-0.05, 0) is 38.6 Å². The lowest BCUT2D eigenvalue weighted by Crippen LogP contribution is -2.49. The van der Waals surface area contributed by atoms with Gasteiger partial charge in [0.25, 0.3) is 0 Å². The third-order valence-electron chi connectivity index (χ3n) is 4.38. The summed E-state index contributed by atoms with van der Waals surface area (Å²) in [5.74, 6) is 0.